The van der Waals surface area contributed by atoms with E-state index in [0.29, 0.717) is 5.54 Å². The molecular formula is C18H36N2O. The predicted octanol–water partition coefficient (Wildman–Crippen LogP) is 3.44. The molecule has 2 fully saturated rings. The monoisotopic (exact) mass is 296 g/mol. The molecule has 0 radical (unpaired) electrons. The lowest BCUT2D eigenvalue weighted by Crippen LogP contribution is -2.64. The molecule has 21 heavy (non-hydrogen) atoms. The number of ether oxygens (including phenoxy) is 1. The molecule has 0 bridgehead atoms. The van der Waals surface area contributed by atoms with Crippen LogP contribution in [0.2, 0.25) is 0 Å². The Morgan fingerprint density at radius 2 is 1.95 bits per heavy atom. The van der Waals surface area contributed by atoms with Gasteiger partial charge in [-0.15, -0.1) is 0 Å². The predicted molar refractivity (Wildman–Crippen MR) is 89.7 cm³/mol. The zero-order chi connectivity index (χ0) is 15.1. The Labute approximate surface area is 131 Å². The lowest BCUT2D eigenvalue weighted by Gasteiger charge is -2.50. The van der Waals surface area contributed by atoms with E-state index in [1.807, 2.05) is 0 Å². The Bertz CT molecular complexity index is 291. The van der Waals surface area contributed by atoms with E-state index in [9.17, 15) is 0 Å². The summed E-state index contributed by atoms with van der Waals surface area (Å²) in [5.74, 6) is 0.912. The molecule has 2 rings (SSSR count). The van der Waals surface area contributed by atoms with E-state index in [2.05, 4.69) is 31.0 Å². The van der Waals surface area contributed by atoms with Crippen molar-refractivity contribution in [2.45, 2.75) is 77.3 Å². The quantitative estimate of drug-likeness (QED) is 0.728. The van der Waals surface area contributed by atoms with Gasteiger partial charge in [-0.1, -0.05) is 26.2 Å². The van der Waals surface area contributed by atoms with Gasteiger partial charge in [0.25, 0.3) is 0 Å². The Morgan fingerprint density at radius 1 is 1.19 bits per heavy atom. The smallest absolute Gasteiger partial charge is 0.0478 e. The maximum atomic E-state index is 5.53. The second-order valence-corrected chi connectivity index (χ2v) is 7.23. The third kappa shape index (κ3) is 4.67. The summed E-state index contributed by atoms with van der Waals surface area (Å²) < 4.78 is 5.53. The van der Waals surface area contributed by atoms with E-state index < -0.39 is 0 Å². The summed E-state index contributed by atoms with van der Waals surface area (Å²) in [7, 11) is 0. The Kier molecular flexibility index (Phi) is 6.97. The van der Waals surface area contributed by atoms with E-state index in [0.717, 1.165) is 31.7 Å². The van der Waals surface area contributed by atoms with Crippen molar-refractivity contribution in [1.29, 1.82) is 0 Å². The highest BCUT2D eigenvalue weighted by molar-refractivity contribution is 4.97. The van der Waals surface area contributed by atoms with E-state index in [4.69, 9.17) is 4.74 Å². The van der Waals surface area contributed by atoms with Gasteiger partial charge in [-0.3, -0.25) is 4.90 Å². The Morgan fingerprint density at radius 3 is 2.62 bits per heavy atom. The van der Waals surface area contributed by atoms with Crippen molar-refractivity contribution in [3.8, 4) is 0 Å². The van der Waals surface area contributed by atoms with Gasteiger partial charge in [-0.05, 0) is 45.4 Å². The average Bonchev–Trinajstić information content (AvgIpc) is 2.54. The molecule has 124 valence electrons. The standard InChI is InChI=1S/C18H36N2O/c1-4-18(3)15-19-17(16-10-7-6-8-11-16)14-20(18)12-9-13-21-5-2/h16-17,19H,4-15H2,1-3H3. The number of hydrogen-bond donors (Lipinski definition) is 1. The third-order valence-corrected chi connectivity index (χ3v) is 5.83. The zero-order valence-electron chi connectivity index (χ0n) is 14.5. The van der Waals surface area contributed by atoms with Crippen LogP contribution in [0.15, 0.2) is 0 Å². The second-order valence-electron chi connectivity index (χ2n) is 7.23. The van der Waals surface area contributed by atoms with Crippen LogP contribution < -0.4 is 5.32 Å². The normalized spacial score (nSPS) is 32.4. The van der Waals surface area contributed by atoms with Gasteiger partial charge in [0.2, 0.25) is 0 Å². The lowest BCUT2D eigenvalue weighted by molar-refractivity contribution is 0.0214. The van der Waals surface area contributed by atoms with Gasteiger partial charge in [-0.2, -0.15) is 0 Å². The summed E-state index contributed by atoms with van der Waals surface area (Å²) in [5.41, 5.74) is 0.331. The van der Waals surface area contributed by atoms with Gasteiger partial charge in [0.1, 0.15) is 0 Å². The fraction of sp³-hybridized carbons (Fsp3) is 1.00. The van der Waals surface area contributed by atoms with Gasteiger partial charge >= 0.3 is 0 Å². The highest BCUT2D eigenvalue weighted by Crippen LogP contribution is 2.31. The molecule has 0 aromatic heterocycles. The van der Waals surface area contributed by atoms with Crippen LogP contribution in [-0.4, -0.2) is 49.3 Å². The fourth-order valence-electron chi connectivity index (χ4n) is 4.05. The first-order chi connectivity index (χ1) is 10.2. The zero-order valence-corrected chi connectivity index (χ0v) is 14.5. The Hall–Kier alpha value is -0.120. The molecule has 3 nitrogen and oxygen atoms in total. The molecule has 3 heteroatoms. The van der Waals surface area contributed by atoms with E-state index in [1.165, 1.54) is 58.0 Å². The lowest BCUT2D eigenvalue weighted by atomic mass is 9.81. The van der Waals surface area contributed by atoms with Crippen molar-refractivity contribution < 1.29 is 4.74 Å². The minimum Gasteiger partial charge on any atom is -0.382 e. The average molecular weight is 296 g/mol. The molecule has 0 aromatic rings. The summed E-state index contributed by atoms with van der Waals surface area (Å²) in [5, 5.41) is 3.89. The van der Waals surface area contributed by atoms with Crippen LogP contribution in [0.5, 0.6) is 0 Å². The molecule has 0 amide bonds. The van der Waals surface area contributed by atoms with Gasteiger partial charge in [0.05, 0.1) is 0 Å². The number of nitrogens with one attached hydrogen (secondary N) is 1. The number of nitrogens with zero attached hydrogens (tertiary/aromatic N) is 1. The van der Waals surface area contributed by atoms with Gasteiger partial charge in [0, 0.05) is 44.4 Å². The molecule has 1 heterocycles. The van der Waals surface area contributed by atoms with Crippen LogP contribution in [0.4, 0.5) is 0 Å². The van der Waals surface area contributed by atoms with Crippen molar-refractivity contribution in [3.63, 3.8) is 0 Å². The van der Waals surface area contributed by atoms with Crippen LogP contribution in [-0.2, 0) is 4.74 Å². The number of rotatable bonds is 7. The molecule has 2 atom stereocenters. The first-order valence-electron chi connectivity index (χ1n) is 9.26. The summed E-state index contributed by atoms with van der Waals surface area (Å²) in [6.07, 6.45) is 9.61. The molecule has 1 aliphatic heterocycles. The van der Waals surface area contributed by atoms with Gasteiger partial charge in [-0.25, -0.2) is 0 Å². The Balaban J connectivity index is 1.88. The van der Waals surface area contributed by atoms with Crippen molar-refractivity contribution in [2.24, 2.45) is 5.92 Å². The minimum atomic E-state index is 0.331. The highest BCUT2D eigenvalue weighted by atomic mass is 16.5. The second kappa shape index (κ2) is 8.50. The molecular weight excluding hydrogens is 260 g/mol. The van der Waals surface area contributed by atoms with Crippen molar-refractivity contribution in [2.75, 3.05) is 32.8 Å². The van der Waals surface area contributed by atoms with Crippen molar-refractivity contribution >= 4 is 0 Å². The summed E-state index contributed by atoms with van der Waals surface area (Å²) in [6, 6.07) is 0.719. The van der Waals surface area contributed by atoms with Crippen LogP contribution in [0.3, 0.4) is 0 Å². The minimum absolute atomic E-state index is 0.331. The summed E-state index contributed by atoms with van der Waals surface area (Å²) in [4.78, 5) is 2.75. The van der Waals surface area contributed by atoms with Crippen LogP contribution in [0.25, 0.3) is 0 Å². The molecule has 1 saturated heterocycles. The van der Waals surface area contributed by atoms with Crippen molar-refractivity contribution in [1.82, 2.24) is 10.2 Å². The molecule has 1 saturated carbocycles. The molecule has 1 aliphatic carbocycles. The molecule has 2 aliphatic rings. The number of piperazine rings is 1. The molecule has 0 spiro atoms. The van der Waals surface area contributed by atoms with E-state index in [-0.39, 0.29) is 0 Å². The summed E-state index contributed by atoms with van der Waals surface area (Å²) in [6.45, 7) is 12.2. The van der Waals surface area contributed by atoms with Gasteiger partial charge < -0.3 is 10.1 Å². The van der Waals surface area contributed by atoms with E-state index >= 15 is 0 Å². The maximum Gasteiger partial charge on any atom is 0.0478 e. The topological polar surface area (TPSA) is 24.5 Å². The molecule has 2 unspecified atom stereocenters. The maximum absolute atomic E-state index is 5.53. The fourth-order valence-corrected chi connectivity index (χ4v) is 4.05. The van der Waals surface area contributed by atoms with E-state index in [1.54, 1.807) is 0 Å². The molecule has 0 aromatic carbocycles. The first-order valence-corrected chi connectivity index (χ1v) is 9.26. The highest BCUT2D eigenvalue weighted by Gasteiger charge is 2.38. The first kappa shape index (κ1) is 17.2. The summed E-state index contributed by atoms with van der Waals surface area (Å²) >= 11 is 0. The number of hydrogen-bond acceptors (Lipinski definition) is 3. The molecule has 1 N–H and O–H groups in total. The van der Waals surface area contributed by atoms with Crippen LogP contribution in [0.1, 0.15) is 65.7 Å². The largest absolute Gasteiger partial charge is 0.382 e. The SMILES string of the molecule is CCOCCCN1CC(C2CCCCC2)NCC1(C)CC. The van der Waals surface area contributed by atoms with Crippen LogP contribution >= 0.6 is 0 Å². The van der Waals surface area contributed by atoms with Gasteiger partial charge in [0.15, 0.2) is 0 Å². The van der Waals surface area contributed by atoms with Crippen molar-refractivity contribution in [3.05, 3.63) is 0 Å². The van der Waals surface area contributed by atoms with Crippen LogP contribution in [0, 0.1) is 5.92 Å². The third-order valence-electron chi connectivity index (χ3n) is 5.83.